The summed E-state index contributed by atoms with van der Waals surface area (Å²) in [6, 6.07) is 31.5. The second-order valence-electron chi connectivity index (χ2n) is 8.14. The Kier molecular flexibility index (Phi) is 6.78. The molecule has 1 heterocycles. The van der Waals surface area contributed by atoms with Gasteiger partial charge in [0.25, 0.3) is 5.91 Å². The number of aromatic hydroxyl groups is 1. The maximum atomic E-state index is 13.0. The van der Waals surface area contributed by atoms with Gasteiger partial charge in [-0.1, -0.05) is 90.5 Å². The lowest BCUT2D eigenvalue weighted by Gasteiger charge is -2.10. The Balaban J connectivity index is 1.42. The minimum atomic E-state index is -0.580. The van der Waals surface area contributed by atoms with E-state index in [0.717, 1.165) is 16.6 Å². The molecule has 7 heteroatoms. The second kappa shape index (κ2) is 10.5. The number of amides is 1. The zero-order valence-corrected chi connectivity index (χ0v) is 20.0. The molecule has 0 aliphatic rings. The van der Waals surface area contributed by atoms with Crippen LogP contribution in [-0.2, 0) is 13.2 Å². The first kappa shape index (κ1) is 23.3. The van der Waals surface area contributed by atoms with Crippen molar-refractivity contribution in [3.8, 4) is 11.6 Å². The number of carbonyl (C=O) groups is 1. The van der Waals surface area contributed by atoms with Crippen LogP contribution < -0.4 is 4.74 Å². The van der Waals surface area contributed by atoms with E-state index in [1.54, 1.807) is 34.9 Å². The third kappa shape index (κ3) is 4.85. The first-order chi connectivity index (χ1) is 17.6. The number of fused-ring (bicyclic) bond motifs is 1. The molecule has 0 aliphatic carbocycles. The highest BCUT2D eigenvalue weighted by Gasteiger charge is 2.18. The predicted octanol–water partition coefficient (Wildman–Crippen LogP) is 7.55. The average molecular weight is 496 g/mol. The van der Waals surface area contributed by atoms with Crippen LogP contribution in [0.2, 0.25) is 5.02 Å². The van der Waals surface area contributed by atoms with E-state index < -0.39 is 5.91 Å². The van der Waals surface area contributed by atoms with Crippen molar-refractivity contribution in [2.75, 3.05) is 0 Å². The van der Waals surface area contributed by atoms with Crippen LogP contribution >= 0.6 is 11.6 Å². The molecule has 5 rings (SSSR count). The number of ether oxygens (including phenoxy) is 1. The molecule has 0 unspecified atom stereocenters. The minimum Gasteiger partial charge on any atom is -0.493 e. The molecule has 0 saturated carbocycles. The summed E-state index contributed by atoms with van der Waals surface area (Å²) in [6.07, 6.45) is 0. The molecular weight excluding hydrogens is 474 g/mol. The van der Waals surface area contributed by atoms with E-state index in [4.69, 9.17) is 16.3 Å². The average Bonchev–Trinajstić information content (AvgIpc) is 3.18. The van der Waals surface area contributed by atoms with E-state index >= 15 is 0 Å². The van der Waals surface area contributed by atoms with E-state index in [1.165, 1.54) is 0 Å². The van der Waals surface area contributed by atoms with Crippen LogP contribution in [0, 0.1) is 0 Å². The lowest BCUT2D eigenvalue weighted by molar-refractivity contribution is 0.0990. The van der Waals surface area contributed by atoms with Crippen LogP contribution in [0.15, 0.2) is 113 Å². The molecule has 178 valence electrons. The molecule has 0 radical (unpaired) electrons. The monoisotopic (exact) mass is 495 g/mol. The Hall–Kier alpha value is -4.42. The number of carbonyl (C=O) groups excluding carboxylic acids is 1. The molecule has 0 spiro atoms. The first-order valence-electron chi connectivity index (χ1n) is 11.4. The Morgan fingerprint density at radius 3 is 2.39 bits per heavy atom. The molecule has 1 aromatic heterocycles. The van der Waals surface area contributed by atoms with Crippen molar-refractivity contribution in [3.63, 3.8) is 0 Å². The SMILES string of the molecule is O=C(N=Nc1c(O)n(Cc2ccccc2)c2ccccc12)c1ccccc1OCc1ccccc1Cl. The van der Waals surface area contributed by atoms with Crippen molar-refractivity contribution in [1.82, 2.24) is 4.57 Å². The van der Waals surface area contributed by atoms with Crippen molar-refractivity contribution in [2.24, 2.45) is 10.2 Å². The maximum Gasteiger partial charge on any atom is 0.299 e. The van der Waals surface area contributed by atoms with E-state index in [9.17, 15) is 9.90 Å². The summed E-state index contributed by atoms with van der Waals surface area (Å²) < 4.78 is 7.64. The fourth-order valence-electron chi connectivity index (χ4n) is 3.99. The van der Waals surface area contributed by atoms with Crippen molar-refractivity contribution in [3.05, 3.63) is 125 Å². The summed E-state index contributed by atoms with van der Waals surface area (Å²) >= 11 is 6.22. The summed E-state index contributed by atoms with van der Waals surface area (Å²) in [4.78, 5) is 13.0. The molecule has 1 N–H and O–H groups in total. The molecular formula is C29H22ClN3O3. The Bertz CT molecular complexity index is 1560. The maximum absolute atomic E-state index is 13.0. The number of azo groups is 1. The smallest absolute Gasteiger partial charge is 0.299 e. The number of rotatable bonds is 7. The van der Waals surface area contributed by atoms with E-state index in [0.29, 0.717) is 22.7 Å². The number of aromatic nitrogens is 1. The Morgan fingerprint density at radius 1 is 0.861 bits per heavy atom. The highest BCUT2D eigenvalue weighted by atomic mass is 35.5. The van der Waals surface area contributed by atoms with Crippen LogP contribution in [0.1, 0.15) is 21.5 Å². The standard InChI is InChI=1S/C29H22ClN3O3/c30-24-15-7-4-12-21(24)19-36-26-17-9-6-14-23(26)28(34)32-31-27-22-13-5-8-16-25(22)33(29(27)35)18-20-10-2-1-3-11-20/h1-17,35H,18-19H2. The topological polar surface area (TPSA) is 76.2 Å². The van der Waals surface area contributed by atoms with E-state index in [1.807, 2.05) is 72.8 Å². The fourth-order valence-corrected chi connectivity index (χ4v) is 4.18. The molecule has 0 atom stereocenters. The number of halogens is 1. The highest BCUT2D eigenvalue weighted by molar-refractivity contribution is 6.31. The van der Waals surface area contributed by atoms with Crippen molar-refractivity contribution in [1.29, 1.82) is 0 Å². The van der Waals surface area contributed by atoms with Gasteiger partial charge in [-0.25, -0.2) is 0 Å². The van der Waals surface area contributed by atoms with E-state index in [2.05, 4.69) is 10.2 Å². The summed E-state index contributed by atoms with van der Waals surface area (Å²) in [5, 5.41) is 20.4. The van der Waals surface area contributed by atoms with Gasteiger partial charge in [-0.05, 0) is 29.8 Å². The molecule has 0 aliphatic heterocycles. The zero-order valence-electron chi connectivity index (χ0n) is 19.2. The van der Waals surface area contributed by atoms with Gasteiger partial charge in [0.1, 0.15) is 12.4 Å². The summed E-state index contributed by atoms with van der Waals surface area (Å²) in [5.74, 6) is -0.263. The highest BCUT2D eigenvalue weighted by Crippen LogP contribution is 2.39. The largest absolute Gasteiger partial charge is 0.493 e. The normalized spacial score (nSPS) is 11.2. The van der Waals surface area contributed by atoms with Crippen molar-refractivity contribution < 1.29 is 14.6 Å². The molecule has 0 fully saturated rings. The number of benzene rings is 4. The van der Waals surface area contributed by atoms with Gasteiger partial charge < -0.3 is 14.4 Å². The third-order valence-electron chi connectivity index (χ3n) is 5.80. The summed E-state index contributed by atoms with van der Waals surface area (Å²) in [7, 11) is 0. The van der Waals surface area contributed by atoms with Crippen molar-refractivity contribution in [2.45, 2.75) is 13.2 Å². The second-order valence-corrected chi connectivity index (χ2v) is 8.55. The van der Waals surface area contributed by atoms with Gasteiger partial charge >= 0.3 is 0 Å². The third-order valence-corrected chi connectivity index (χ3v) is 6.17. The lowest BCUT2D eigenvalue weighted by atomic mass is 10.2. The predicted molar refractivity (Wildman–Crippen MR) is 140 cm³/mol. The number of nitrogens with zero attached hydrogens (tertiary/aromatic N) is 3. The van der Waals surface area contributed by atoms with Crippen LogP contribution in [0.25, 0.3) is 10.9 Å². The van der Waals surface area contributed by atoms with E-state index in [-0.39, 0.29) is 23.7 Å². The van der Waals surface area contributed by atoms with Crippen LogP contribution in [0.5, 0.6) is 11.6 Å². The van der Waals surface area contributed by atoms with Crippen LogP contribution in [-0.4, -0.2) is 15.6 Å². The van der Waals surface area contributed by atoms with Gasteiger partial charge in [-0.3, -0.25) is 4.79 Å². The Morgan fingerprint density at radius 2 is 1.56 bits per heavy atom. The quantitative estimate of drug-likeness (QED) is 0.237. The van der Waals surface area contributed by atoms with Gasteiger partial charge in [-0.2, -0.15) is 0 Å². The summed E-state index contributed by atoms with van der Waals surface area (Å²) in [5.41, 5.74) is 3.13. The molecule has 1 amide bonds. The first-order valence-corrected chi connectivity index (χ1v) is 11.7. The lowest BCUT2D eigenvalue weighted by Crippen LogP contribution is -2.02. The molecule has 0 bridgehead atoms. The molecule has 4 aromatic carbocycles. The Labute approximate surface area is 213 Å². The number of hydrogen-bond donors (Lipinski definition) is 1. The van der Waals surface area contributed by atoms with Gasteiger partial charge in [0.05, 0.1) is 17.6 Å². The van der Waals surface area contributed by atoms with Gasteiger partial charge in [-0.15, -0.1) is 10.2 Å². The van der Waals surface area contributed by atoms with Crippen molar-refractivity contribution >= 4 is 34.1 Å². The van der Waals surface area contributed by atoms with Gasteiger partial charge in [0.2, 0.25) is 5.88 Å². The van der Waals surface area contributed by atoms with Gasteiger partial charge in [0.15, 0.2) is 5.69 Å². The minimum absolute atomic E-state index is 0.0557. The van der Waals surface area contributed by atoms with Crippen LogP contribution in [0.4, 0.5) is 5.69 Å². The summed E-state index contributed by atoms with van der Waals surface area (Å²) in [6.45, 7) is 0.657. The number of hydrogen-bond acceptors (Lipinski definition) is 4. The molecule has 6 nitrogen and oxygen atoms in total. The molecule has 5 aromatic rings. The van der Waals surface area contributed by atoms with Crippen LogP contribution in [0.3, 0.4) is 0 Å². The molecule has 36 heavy (non-hydrogen) atoms. The molecule has 0 saturated heterocycles. The fraction of sp³-hybridized carbons (Fsp3) is 0.0690. The van der Waals surface area contributed by atoms with Gasteiger partial charge in [0, 0.05) is 16.0 Å². The number of para-hydroxylation sites is 2. The zero-order chi connectivity index (χ0) is 24.9.